The van der Waals surface area contributed by atoms with Crippen molar-refractivity contribution in [3.63, 3.8) is 0 Å². The zero-order chi connectivity index (χ0) is 23.8. The van der Waals surface area contributed by atoms with E-state index in [0.717, 1.165) is 19.2 Å². The van der Waals surface area contributed by atoms with Gasteiger partial charge in [-0.2, -0.15) is 13.2 Å². The first kappa shape index (κ1) is 25.3. The van der Waals surface area contributed by atoms with E-state index in [-0.39, 0.29) is 25.6 Å². The highest BCUT2D eigenvalue weighted by molar-refractivity contribution is 5.82. The van der Waals surface area contributed by atoms with Crippen LogP contribution in [0.25, 0.3) is 0 Å². The van der Waals surface area contributed by atoms with Gasteiger partial charge in [0.15, 0.2) is 0 Å². The minimum absolute atomic E-state index is 0.0555. The number of hydrogen-bond acceptors (Lipinski definition) is 5. The number of rotatable bonds is 10. The molecule has 0 N–H and O–H groups in total. The average molecular weight is 456 g/mol. The van der Waals surface area contributed by atoms with E-state index < -0.39 is 35.1 Å². The number of esters is 2. The first-order valence-corrected chi connectivity index (χ1v) is 9.85. The van der Waals surface area contributed by atoms with Crippen LogP contribution in [0.3, 0.4) is 0 Å². The lowest BCUT2D eigenvalue weighted by Crippen LogP contribution is -2.51. The first-order valence-electron chi connectivity index (χ1n) is 9.85. The minimum atomic E-state index is -5.06. The zero-order valence-electron chi connectivity index (χ0n) is 17.7. The smallest absolute Gasteiger partial charge is 0.432 e. The molecule has 0 aliphatic heterocycles. The van der Waals surface area contributed by atoms with Crippen LogP contribution in [0.5, 0.6) is 0 Å². The number of carbonyl (C=O) groups is 2. The van der Waals surface area contributed by atoms with Crippen LogP contribution in [0.2, 0.25) is 0 Å². The Morgan fingerprint density at radius 2 is 1.47 bits per heavy atom. The number of halogens is 4. The maximum absolute atomic E-state index is 13.9. The Labute approximate surface area is 183 Å². The van der Waals surface area contributed by atoms with Crippen LogP contribution >= 0.6 is 0 Å². The van der Waals surface area contributed by atoms with Crippen LogP contribution in [0, 0.1) is 5.82 Å². The second-order valence-electron chi connectivity index (χ2n) is 7.05. The van der Waals surface area contributed by atoms with Crippen molar-refractivity contribution in [3.8, 4) is 0 Å². The summed E-state index contributed by atoms with van der Waals surface area (Å²) < 4.78 is 69.7. The van der Waals surface area contributed by atoms with Gasteiger partial charge in [-0.05, 0) is 36.5 Å². The predicted molar refractivity (Wildman–Crippen MR) is 107 cm³/mol. The number of hydrogen-bond donors (Lipinski definition) is 0. The molecule has 0 radical (unpaired) electrons. The molecule has 0 aromatic heterocycles. The molecule has 174 valence electrons. The van der Waals surface area contributed by atoms with Crippen LogP contribution in [0.15, 0.2) is 54.6 Å². The van der Waals surface area contributed by atoms with Crippen molar-refractivity contribution < 1.29 is 41.4 Å². The molecule has 2 aromatic rings. The minimum Gasteiger partial charge on any atom is -0.466 e. The third kappa shape index (κ3) is 6.06. The van der Waals surface area contributed by atoms with Crippen molar-refractivity contribution in [2.45, 2.75) is 37.5 Å². The molecule has 0 amide bonds. The number of methoxy groups -OCH3 is 1. The number of ether oxygens (including phenoxy) is 3. The molecular formula is C23H24F4O5. The summed E-state index contributed by atoms with van der Waals surface area (Å²) in [4.78, 5) is 23.6. The Bertz CT molecular complexity index is 884. The highest BCUT2D eigenvalue weighted by Crippen LogP contribution is 2.43. The molecule has 0 spiro atoms. The monoisotopic (exact) mass is 456 g/mol. The molecule has 2 aromatic carbocycles. The summed E-state index contributed by atoms with van der Waals surface area (Å²) in [6.45, 7) is 0.953. The normalized spacial score (nSPS) is 14.3. The van der Waals surface area contributed by atoms with E-state index in [2.05, 4.69) is 0 Å². The molecule has 0 aliphatic carbocycles. The fourth-order valence-electron chi connectivity index (χ4n) is 3.34. The van der Waals surface area contributed by atoms with Crippen molar-refractivity contribution in [3.05, 3.63) is 71.5 Å². The van der Waals surface area contributed by atoms with Gasteiger partial charge in [0.05, 0.1) is 13.2 Å². The summed E-state index contributed by atoms with van der Waals surface area (Å²) in [6, 6.07) is 12.1. The van der Waals surface area contributed by atoms with E-state index in [1.807, 2.05) is 0 Å². The number of benzene rings is 2. The summed E-state index contributed by atoms with van der Waals surface area (Å²) in [7, 11) is 0.794. The van der Waals surface area contributed by atoms with Crippen LogP contribution in [-0.4, -0.2) is 38.4 Å². The van der Waals surface area contributed by atoms with Gasteiger partial charge in [0.1, 0.15) is 5.82 Å². The molecule has 32 heavy (non-hydrogen) atoms. The van der Waals surface area contributed by atoms with Gasteiger partial charge in [-0.15, -0.1) is 0 Å². The Morgan fingerprint density at radius 1 is 0.906 bits per heavy atom. The Kier molecular flexibility index (Phi) is 8.77. The molecule has 0 aliphatic rings. The maximum Gasteiger partial charge on any atom is 0.432 e. The zero-order valence-corrected chi connectivity index (χ0v) is 17.7. The molecule has 0 fully saturated rings. The van der Waals surface area contributed by atoms with Crippen LogP contribution in [0.1, 0.15) is 36.8 Å². The second-order valence-corrected chi connectivity index (χ2v) is 7.05. The third-order valence-corrected chi connectivity index (χ3v) is 4.99. The molecule has 2 atom stereocenters. The molecule has 0 unspecified atom stereocenters. The Morgan fingerprint density at radius 3 is 1.97 bits per heavy atom. The van der Waals surface area contributed by atoms with E-state index in [1.54, 1.807) is 0 Å². The molecule has 5 nitrogen and oxygen atoms in total. The molecular weight excluding hydrogens is 432 g/mol. The van der Waals surface area contributed by atoms with E-state index in [1.165, 1.54) is 49.4 Å². The standard InChI is InChI=1S/C23H24F4O5/c1-16(28)31-14-12-18(17-8-10-20(24)11-9-17)13-15-32-21(29)22(30-2,23(25,26)27)19-6-4-3-5-7-19/h3-11,18H,12-15H2,1-2H3/t18-,22+/m1/s1. The summed E-state index contributed by atoms with van der Waals surface area (Å²) in [5.41, 5.74) is -2.99. The average Bonchev–Trinajstić information content (AvgIpc) is 2.74. The third-order valence-electron chi connectivity index (χ3n) is 4.99. The maximum atomic E-state index is 13.9. The summed E-state index contributed by atoms with van der Waals surface area (Å²) >= 11 is 0. The van der Waals surface area contributed by atoms with Gasteiger partial charge in [-0.3, -0.25) is 4.79 Å². The highest BCUT2D eigenvalue weighted by Gasteiger charge is 2.64. The van der Waals surface area contributed by atoms with Crippen molar-refractivity contribution in [1.29, 1.82) is 0 Å². The molecule has 2 rings (SSSR count). The van der Waals surface area contributed by atoms with Gasteiger partial charge in [0.25, 0.3) is 5.60 Å². The van der Waals surface area contributed by atoms with Gasteiger partial charge >= 0.3 is 18.1 Å². The van der Waals surface area contributed by atoms with Crippen LogP contribution in [-0.2, 0) is 29.4 Å². The van der Waals surface area contributed by atoms with E-state index in [9.17, 15) is 27.2 Å². The number of alkyl halides is 3. The van der Waals surface area contributed by atoms with E-state index in [0.29, 0.717) is 12.0 Å². The summed E-state index contributed by atoms with van der Waals surface area (Å²) in [5.74, 6) is -2.86. The summed E-state index contributed by atoms with van der Waals surface area (Å²) in [6.07, 6.45) is -4.62. The van der Waals surface area contributed by atoms with Gasteiger partial charge in [-0.1, -0.05) is 42.5 Å². The van der Waals surface area contributed by atoms with E-state index in [4.69, 9.17) is 14.2 Å². The molecule has 9 heteroatoms. The van der Waals surface area contributed by atoms with Gasteiger partial charge < -0.3 is 14.2 Å². The van der Waals surface area contributed by atoms with E-state index >= 15 is 0 Å². The molecule has 0 bridgehead atoms. The Hall–Kier alpha value is -2.94. The first-order chi connectivity index (χ1) is 15.1. The van der Waals surface area contributed by atoms with Crippen LogP contribution in [0.4, 0.5) is 17.6 Å². The SMILES string of the molecule is CO[C@](C(=O)OCC[C@@H](CCOC(C)=O)c1ccc(F)cc1)(c1ccccc1)C(F)(F)F. The lowest BCUT2D eigenvalue weighted by molar-refractivity contribution is -0.276. The molecule has 0 heterocycles. The summed E-state index contributed by atoms with van der Waals surface area (Å²) in [5, 5.41) is 0. The largest absolute Gasteiger partial charge is 0.466 e. The number of carbonyl (C=O) groups excluding carboxylic acids is 2. The molecule has 0 saturated heterocycles. The van der Waals surface area contributed by atoms with Gasteiger partial charge in [-0.25, -0.2) is 9.18 Å². The molecule has 0 saturated carbocycles. The van der Waals surface area contributed by atoms with Gasteiger partial charge in [0.2, 0.25) is 0 Å². The topological polar surface area (TPSA) is 61.8 Å². The van der Waals surface area contributed by atoms with Crippen LogP contribution < -0.4 is 0 Å². The van der Waals surface area contributed by atoms with Crippen molar-refractivity contribution in [1.82, 2.24) is 0 Å². The quantitative estimate of drug-likeness (QED) is 0.376. The van der Waals surface area contributed by atoms with Gasteiger partial charge in [0, 0.05) is 19.6 Å². The second kappa shape index (κ2) is 11.1. The van der Waals surface area contributed by atoms with Crippen molar-refractivity contribution in [2.24, 2.45) is 0 Å². The fraction of sp³-hybridized carbons (Fsp3) is 0.391. The highest BCUT2D eigenvalue weighted by atomic mass is 19.4. The lowest BCUT2D eigenvalue weighted by Gasteiger charge is -2.32. The lowest BCUT2D eigenvalue weighted by atomic mass is 9.92. The van der Waals surface area contributed by atoms with Crippen molar-refractivity contribution in [2.75, 3.05) is 20.3 Å². The Balaban J connectivity index is 2.15. The van der Waals surface area contributed by atoms with Crippen molar-refractivity contribution >= 4 is 11.9 Å². The fourth-order valence-corrected chi connectivity index (χ4v) is 3.34. The predicted octanol–water partition coefficient (Wildman–Crippen LogP) is 4.90.